The van der Waals surface area contributed by atoms with Crippen molar-refractivity contribution in [3.05, 3.63) is 119 Å². The van der Waals surface area contributed by atoms with Gasteiger partial charge in [-0.3, -0.25) is 9.59 Å². The molecule has 0 spiro atoms. The van der Waals surface area contributed by atoms with Crippen molar-refractivity contribution in [2.24, 2.45) is 57.2 Å². The Morgan fingerprint density at radius 3 is 1.13 bits per heavy atom. The minimum atomic E-state index is -1.79. The molecule has 652 valence electrons. The van der Waals surface area contributed by atoms with E-state index in [0.29, 0.717) is 35.1 Å². The van der Waals surface area contributed by atoms with Gasteiger partial charge >= 0.3 is 48.0 Å². The number of ether oxygens (including phenoxy) is 14. The van der Waals surface area contributed by atoms with Crippen LogP contribution in [0.15, 0.2) is 108 Å². The summed E-state index contributed by atoms with van der Waals surface area (Å²) in [4.78, 5) is 109. The first-order chi connectivity index (χ1) is 54.8. The van der Waals surface area contributed by atoms with E-state index < -0.39 is 225 Å². The molecule has 0 bridgehead atoms. The molecule has 2 aromatic carbocycles. The predicted molar refractivity (Wildman–Crippen MR) is 427 cm³/mol. The summed E-state index contributed by atoms with van der Waals surface area (Å²) < 4.78 is 88.8. The molecule has 28 nitrogen and oxygen atoms in total. The number of benzene rings is 2. The Balaban J connectivity index is 0.000000231. The molecular weight excluding hydrogens is 1520 g/mol. The van der Waals surface area contributed by atoms with E-state index in [1.807, 2.05) is 55.4 Å². The molecule has 6 aliphatic carbocycles. The number of hydrogen-bond acceptors (Lipinski definition) is 26. The van der Waals surface area contributed by atoms with E-state index in [9.17, 15) is 58.8 Å². The maximum Gasteiger partial charge on any atom is 0.407 e. The van der Waals surface area contributed by atoms with Gasteiger partial charge in [0, 0.05) is 62.2 Å². The second-order valence-corrected chi connectivity index (χ2v) is 38.6. The third-order valence-electron chi connectivity index (χ3n) is 26.7. The van der Waals surface area contributed by atoms with Crippen LogP contribution in [-0.2, 0) is 85.5 Å². The Morgan fingerprint density at radius 2 is 0.856 bits per heavy atom. The maximum absolute atomic E-state index is 14.5. The molecule has 0 radical (unpaired) electrons. The average Bonchev–Trinajstić information content (AvgIpc) is 1.45. The zero-order chi connectivity index (χ0) is 87.2. The Labute approximate surface area is 692 Å². The summed E-state index contributed by atoms with van der Waals surface area (Å²) >= 11 is 0. The van der Waals surface area contributed by atoms with Gasteiger partial charge in [0.1, 0.15) is 47.8 Å². The molecule has 28 heteroatoms. The van der Waals surface area contributed by atoms with Crippen LogP contribution in [0.4, 0.5) is 9.59 Å². The normalized spacial score (nSPS) is 36.0. The molecule has 6 N–H and O–H groups in total. The van der Waals surface area contributed by atoms with Gasteiger partial charge in [-0.15, -0.1) is 0 Å². The maximum atomic E-state index is 14.5. The summed E-state index contributed by atoms with van der Waals surface area (Å²) in [6.45, 7) is 46.5. The van der Waals surface area contributed by atoms with Crippen LogP contribution in [0.1, 0.15) is 212 Å². The predicted octanol–water partition coefficient (Wildman–Crippen LogP) is 11.1. The molecule has 0 unspecified atom stereocenters. The summed E-state index contributed by atoms with van der Waals surface area (Å²) in [6.07, 6.45) is -11.1. The van der Waals surface area contributed by atoms with E-state index in [1.165, 1.54) is 13.8 Å². The highest BCUT2D eigenvalue weighted by Crippen LogP contribution is 2.73. The van der Waals surface area contributed by atoms with Crippen molar-refractivity contribution < 1.29 is 125 Å². The van der Waals surface area contributed by atoms with Crippen molar-refractivity contribution >= 4 is 48.0 Å². The van der Waals surface area contributed by atoms with Crippen molar-refractivity contribution in [2.45, 2.75) is 322 Å². The van der Waals surface area contributed by atoms with Gasteiger partial charge in [0.15, 0.2) is 36.0 Å². The molecule has 4 saturated carbocycles. The van der Waals surface area contributed by atoms with Crippen molar-refractivity contribution in [1.29, 1.82) is 0 Å². The minimum absolute atomic E-state index is 0.0118. The van der Waals surface area contributed by atoms with E-state index in [1.54, 1.807) is 156 Å². The van der Waals surface area contributed by atoms with Gasteiger partial charge in [0.2, 0.25) is 0 Å². The lowest BCUT2D eigenvalue weighted by Gasteiger charge is -2.67. The smallest absolute Gasteiger partial charge is 0.407 e. The van der Waals surface area contributed by atoms with E-state index in [-0.39, 0.29) is 61.9 Å². The van der Waals surface area contributed by atoms with Crippen LogP contribution in [0.25, 0.3) is 0 Å². The van der Waals surface area contributed by atoms with Crippen molar-refractivity contribution in [3.8, 4) is 0 Å². The first-order valence-electron chi connectivity index (χ1n) is 41.5. The first-order valence-corrected chi connectivity index (χ1v) is 41.5. The Hall–Kier alpha value is -7.64. The van der Waals surface area contributed by atoms with Gasteiger partial charge in [0.25, 0.3) is 0 Å². The SMILES string of the molecule is C=C[C@@H]1O[C@H]2C[C@H]3OC[C@@]3(OC(C)=O)[C@H]3[C@H](OC(=O)c4ccccc4)[C@]4(C(C)(C)O)C[C@H](OC(=O)[C@H](O)[C@H](CC(C)C)NC(=O)OC(C)(C)C)C(C)=C4[C@H](C)[C@H](O1)[C@]23C.C=C[C@H]1O[C@H]2C[C@H]3OC[C@@]3(OC(C)=O)[C@H]3[C@H](OC(=O)c4ccccc4)[C@]4(C(C)(C)O)C[C@H](OC(=O)[C@H](O)[C@H](CC(C)C)NC(=O)OC(C)(C)C)C(C)=C4[C@H](C)[C@H](O1)[C@]23C. The summed E-state index contributed by atoms with van der Waals surface area (Å²) in [7, 11) is 0. The number of carbonyl (C=O) groups excluding carboxylic acids is 8. The van der Waals surface area contributed by atoms with Gasteiger partial charge in [-0.2, -0.15) is 0 Å². The summed E-state index contributed by atoms with van der Waals surface area (Å²) in [5, 5.41) is 54.0. The van der Waals surface area contributed by atoms with Gasteiger partial charge in [0.05, 0.1) is 94.7 Å². The number of hydrogen-bond donors (Lipinski definition) is 6. The summed E-state index contributed by atoms with van der Waals surface area (Å²) in [5.41, 5.74) is -9.84. The summed E-state index contributed by atoms with van der Waals surface area (Å²) in [5.74, 6) is -7.39. The number of aliphatic hydroxyl groups excluding tert-OH is 2. The first kappa shape index (κ1) is 91.1. The third kappa shape index (κ3) is 16.4. The fourth-order valence-corrected chi connectivity index (χ4v) is 22.1. The Bertz CT molecular complexity index is 3930. The molecule has 12 rings (SSSR count). The van der Waals surface area contributed by atoms with Crippen LogP contribution in [0.3, 0.4) is 0 Å². The number of aliphatic hydroxyl groups is 4. The zero-order valence-electron chi connectivity index (χ0n) is 72.5. The van der Waals surface area contributed by atoms with Gasteiger partial charge in [-0.05, 0) is 166 Å². The van der Waals surface area contributed by atoms with E-state index in [4.69, 9.17) is 66.3 Å². The van der Waals surface area contributed by atoms with Crippen molar-refractivity contribution in [3.63, 3.8) is 0 Å². The number of alkyl carbamates (subject to hydrolysis) is 2. The van der Waals surface area contributed by atoms with Crippen molar-refractivity contribution in [2.75, 3.05) is 13.2 Å². The lowest BCUT2D eigenvalue weighted by molar-refractivity contribution is -0.391. The fraction of sp³-hybridized carbons (Fsp3) is 0.689. The highest BCUT2D eigenvalue weighted by atomic mass is 16.7. The molecule has 2 aromatic rings. The highest BCUT2D eigenvalue weighted by molar-refractivity contribution is 5.90. The van der Waals surface area contributed by atoms with Crippen LogP contribution in [0.2, 0.25) is 0 Å². The molecule has 2 amide bonds. The molecule has 0 aromatic heterocycles. The molecule has 4 saturated heterocycles. The van der Waals surface area contributed by atoms with Crippen LogP contribution in [-0.4, -0.2) is 213 Å². The van der Waals surface area contributed by atoms with Gasteiger partial charge in [-0.1, -0.05) is 105 Å². The second kappa shape index (κ2) is 33.3. The topological polar surface area (TPSA) is 371 Å². The molecular formula is C90H126N2O26. The molecule has 8 fully saturated rings. The highest BCUT2D eigenvalue weighted by Gasteiger charge is 2.83. The number of carbonyl (C=O) groups is 8. The van der Waals surface area contributed by atoms with E-state index >= 15 is 0 Å². The lowest BCUT2D eigenvalue weighted by atomic mass is 9.49. The molecule has 10 aliphatic rings. The van der Waals surface area contributed by atoms with Crippen LogP contribution >= 0.6 is 0 Å². The molecule has 118 heavy (non-hydrogen) atoms. The summed E-state index contributed by atoms with van der Waals surface area (Å²) in [6, 6.07) is 14.9. The average molecular weight is 1650 g/mol. The van der Waals surface area contributed by atoms with E-state index in [2.05, 4.69) is 23.8 Å². The van der Waals surface area contributed by atoms with Gasteiger partial charge < -0.3 is 97.4 Å². The number of rotatable bonds is 22. The number of nitrogens with one attached hydrogen (secondary N) is 2. The van der Waals surface area contributed by atoms with Crippen molar-refractivity contribution in [1.82, 2.24) is 10.6 Å². The monoisotopic (exact) mass is 1650 g/mol. The van der Waals surface area contributed by atoms with Crippen LogP contribution in [0.5, 0.6) is 0 Å². The molecule has 26 atom stereocenters. The van der Waals surface area contributed by atoms with Crippen LogP contribution < -0.4 is 10.6 Å². The molecule has 4 heterocycles. The Morgan fingerprint density at radius 1 is 0.525 bits per heavy atom. The van der Waals surface area contributed by atoms with E-state index in [0.717, 1.165) is 0 Å². The number of esters is 6. The second-order valence-electron chi connectivity index (χ2n) is 38.6. The van der Waals surface area contributed by atoms with Crippen LogP contribution in [0, 0.1) is 57.2 Å². The minimum Gasteiger partial charge on any atom is -0.457 e. The number of amides is 2. The largest absolute Gasteiger partial charge is 0.457 e. The fourth-order valence-electron chi connectivity index (χ4n) is 22.1. The zero-order valence-corrected chi connectivity index (χ0v) is 72.5. The third-order valence-corrected chi connectivity index (χ3v) is 26.7. The lowest BCUT2D eigenvalue weighted by Crippen LogP contribution is -2.80. The van der Waals surface area contributed by atoms with Gasteiger partial charge in [-0.25, -0.2) is 28.8 Å². The molecule has 4 aliphatic heterocycles. The number of fused-ring (bicyclic) bond motifs is 6. The Kier molecular flexibility index (Phi) is 25.7. The quantitative estimate of drug-likeness (QED) is 0.0362. The standard InChI is InChI=1S/2C45H63NO13/c2*1-13-32-55-30-20-31-45(22-53-31,58-26(6)47)35-37(57-38(49)27-17-15-14-16-18-27)44(42(10,11)52)21-29(24(4)33(44)25(5)36(56-32)43(30,35)12)54-39(50)34(48)28(19-23(2)3)46-40(51)59-41(7,8)9/h2*13-18,23,25,28-32,34-37,48,52H,1,19-22H2,2-12H3,(H,46,51)/t25-,28-,29-,30-,31+,32+,34+,35-,36-,37-,43+,44-,45-;25-,28-,29-,30-,31+,32-,34+,35-,36-,37-,43+,44-,45-/m00/s1.